The van der Waals surface area contributed by atoms with Gasteiger partial charge in [0.25, 0.3) is 5.56 Å². The van der Waals surface area contributed by atoms with Gasteiger partial charge in [-0.05, 0) is 18.9 Å². The normalized spacial score (nSPS) is 19.7. The van der Waals surface area contributed by atoms with Gasteiger partial charge >= 0.3 is 0 Å². The molecule has 0 unspecified atom stereocenters. The highest BCUT2D eigenvalue weighted by atomic mass is 16.5. The van der Waals surface area contributed by atoms with Gasteiger partial charge in [0.15, 0.2) is 0 Å². The molecule has 1 aliphatic heterocycles. The van der Waals surface area contributed by atoms with Crippen LogP contribution in [-0.2, 0) is 13.1 Å². The zero-order valence-electron chi connectivity index (χ0n) is 13.8. The molecule has 1 saturated carbocycles. The van der Waals surface area contributed by atoms with Crippen molar-refractivity contribution in [1.29, 1.82) is 0 Å². The molecule has 0 radical (unpaired) electrons. The molecule has 0 N–H and O–H groups in total. The van der Waals surface area contributed by atoms with Crippen molar-refractivity contribution < 1.29 is 4.52 Å². The molecule has 0 aromatic carbocycles. The van der Waals surface area contributed by atoms with E-state index >= 15 is 0 Å². The second kappa shape index (κ2) is 6.86. The molecule has 128 valence electrons. The van der Waals surface area contributed by atoms with Crippen LogP contribution in [0.3, 0.4) is 0 Å². The van der Waals surface area contributed by atoms with Gasteiger partial charge in [0.1, 0.15) is 5.76 Å². The van der Waals surface area contributed by atoms with E-state index in [0.29, 0.717) is 12.5 Å². The number of nitrogens with zero attached hydrogens (tertiary/aromatic N) is 5. The molecule has 1 aliphatic carbocycles. The fourth-order valence-electron chi connectivity index (χ4n) is 3.15. The Bertz CT molecular complexity index is 728. The summed E-state index contributed by atoms with van der Waals surface area (Å²) in [6.45, 7) is 6.42. The SMILES string of the molecule is O=c1cccnn1CCN1CCN(Cc2cc(C3CC3)on2)CC1. The van der Waals surface area contributed by atoms with Crippen LogP contribution in [0.5, 0.6) is 0 Å². The van der Waals surface area contributed by atoms with Gasteiger partial charge in [0.2, 0.25) is 0 Å². The minimum atomic E-state index is -0.0337. The Morgan fingerprint density at radius 2 is 1.92 bits per heavy atom. The van der Waals surface area contributed by atoms with Gasteiger partial charge in [-0.15, -0.1) is 0 Å². The first-order valence-electron chi connectivity index (χ1n) is 8.70. The summed E-state index contributed by atoms with van der Waals surface area (Å²) >= 11 is 0. The van der Waals surface area contributed by atoms with Crippen LogP contribution < -0.4 is 5.56 Å². The van der Waals surface area contributed by atoms with Crippen LogP contribution in [0, 0.1) is 0 Å². The summed E-state index contributed by atoms with van der Waals surface area (Å²) in [4.78, 5) is 16.5. The summed E-state index contributed by atoms with van der Waals surface area (Å²) in [6, 6.07) is 5.35. The predicted molar refractivity (Wildman–Crippen MR) is 88.7 cm³/mol. The van der Waals surface area contributed by atoms with Crippen molar-refractivity contribution in [3.05, 3.63) is 46.2 Å². The Labute approximate surface area is 140 Å². The van der Waals surface area contributed by atoms with Crippen LogP contribution in [0.1, 0.15) is 30.2 Å². The third kappa shape index (κ3) is 3.73. The van der Waals surface area contributed by atoms with Gasteiger partial charge in [-0.2, -0.15) is 5.10 Å². The summed E-state index contributed by atoms with van der Waals surface area (Å²) in [5.74, 6) is 1.68. The molecule has 24 heavy (non-hydrogen) atoms. The highest BCUT2D eigenvalue weighted by molar-refractivity contribution is 5.14. The second-order valence-corrected chi connectivity index (χ2v) is 6.70. The summed E-state index contributed by atoms with van der Waals surface area (Å²) in [5, 5.41) is 8.30. The Morgan fingerprint density at radius 3 is 2.67 bits per heavy atom. The third-order valence-corrected chi connectivity index (χ3v) is 4.82. The van der Waals surface area contributed by atoms with Crippen molar-refractivity contribution in [2.75, 3.05) is 32.7 Å². The van der Waals surface area contributed by atoms with Crippen LogP contribution in [0.4, 0.5) is 0 Å². The van der Waals surface area contributed by atoms with Crippen molar-refractivity contribution in [3.63, 3.8) is 0 Å². The van der Waals surface area contributed by atoms with E-state index in [9.17, 15) is 4.79 Å². The van der Waals surface area contributed by atoms with E-state index in [1.165, 1.54) is 17.5 Å². The molecule has 7 nitrogen and oxygen atoms in total. The van der Waals surface area contributed by atoms with Crippen LogP contribution in [0.25, 0.3) is 0 Å². The fourth-order valence-corrected chi connectivity index (χ4v) is 3.15. The molecule has 0 spiro atoms. The summed E-state index contributed by atoms with van der Waals surface area (Å²) in [6.07, 6.45) is 4.15. The molecule has 3 heterocycles. The fraction of sp³-hybridized carbons (Fsp3) is 0.588. The molecule has 0 amide bonds. The largest absolute Gasteiger partial charge is 0.361 e. The maximum Gasteiger partial charge on any atom is 0.266 e. The molecule has 0 bridgehead atoms. The lowest BCUT2D eigenvalue weighted by atomic mass is 10.2. The number of hydrogen-bond acceptors (Lipinski definition) is 6. The van der Waals surface area contributed by atoms with Crippen molar-refractivity contribution in [3.8, 4) is 0 Å². The van der Waals surface area contributed by atoms with E-state index < -0.39 is 0 Å². The Hall–Kier alpha value is -1.99. The molecule has 2 aromatic rings. The van der Waals surface area contributed by atoms with Gasteiger partial charge < -0.3 is 4.52 Å². The van der Waals surface area contributed by atoms with E-state index in [-0.39, 0.29) is 5.56 Å². The van der Waals surface area contributed by atoms with Gasteiger partial charge in [0.05, 0.1) is 12.2 Å². The molecule has 1 saturated heterocycles. The van der Waals surface area contributed by atoms with E-state index in [1.807, 2.05) is 0 Å². The number of hydrogen-bond donors (Lipinski definition) is 0. The zero-order chi connectivity index (χ0) is 16.4. The minimum Gasteiger partial charge on any atom is -0.361 e. The Balaban J connectivity index is 1.23. The summed E-state index contributed by atoms with van der Waals surface area (Å²) < 4.78 is 6.95. The summed E-state index contributed by atoms with van der Waals surface area (Å²) in [7, 11) is 0. The molecule has 7 heteroatoms. The van der Waals surface area contributed by atoms with Gasteiger partial charge in [-0.1, -0.05) is 5.16 Å². The van der Waals surface area contributed by atoms with E-state index in [4.69, 9.17) is 4.52 Å². The Morgan fingerprint density at radius 1 is 1.12 bits per heavy atom. The molecular weight excluding hydrogens is 306 g/mol. The maximum atomic E-state index is 11.7. The molecule has 4 rings (SSSR count). The van der Waals surface area contributed by atoms with E-state index in [2.05, 4.69) is 26.1 Å². The number of aromatic nitrogens is 3. The minimum absolute atomic E-state index is 0.0337. The average Bonchev–Trinajstić information content (AvgIpc) is 3.35. The maximum absolute atomic E-state index is 11.7. The highest BCUT2D eigenvalue weighted by Gasteiger charge is 2.28. The van der Waals surface area contributed by atoms with Crippen molar-refractivity contribution >= 4 is 0 Å². The molecular formula is C17H23N5O2. The second-order valence-electron chi connectivity index (χ2n) is 6.70. The van der Waals surface area contributed by atoms with Gasteiger partial charge in [-0.3, -0.25) is 14.6 Å². The molecule has 2 aliphatic rings. The first kappa shape index (κ1) is 15.5. The molecule has 2 fully saturated rings. The monoisotopic (exact) mass is 329 g/mol. The molecule has 2 aromatic heterocycles. The first-order valence-corrected chi connectivity index (χ1v) is 8.70. The van der Waals surface area contributed by atoms with E-state index in [1.54, 1.807) is 18.3 Å². The highest BCUT2D eigenvalue weighted by Crippen LogP contribution is 2.40. The van der Waals surface area contributed by atoms with Crippen molar-refractivity contribution in [1.82, 2.24) is 24.7 Å². The number of rotatable bonds is 6. The van der Waals surface area contributed by atoms with Crippen molar-refractivity contribution in [2.45, 2.75) is 31.8 Å². The van der Waals surface area contributed by atoms with Crippen LogP contribution in [0.15, 0.2) is 33.7 Å². The quantitative estimate of drug-likeness (QED) is 0.785. The lowest BCUT2D eigenvalue weighted by Crippen LogP contribution is -2.47. The van der Waals surface area contributed by atoms with Crippen LogP contribution >= 0.6 is 0 Å². The predicted octanol–water partition coefficient (Wildman–Crippen LogP) is 0.926. The van der Waals surface area contributed by atoms with E-state index in [0.717, 1.165) is 50.7 Å². The lowest BCUT2D eigenvalue weighted by Gasteiger charge is -2.34. The van der Waals surface area contributed by atoms with Gasteiger partial charge in [-0.25, -0.2) is 4.68 Å². The topological polar surface area (TPSA) is 67.4 Å². The average molecular weight is 329 g/mol. The number of piperazine rings is 1. The van der Waals surface area contributed by atoms with Crippen LogP contribution in [-0.4, -0.2) is 57.5 Å². The standard InChI is InChI=1S/C17H23N5O2/c23-17-2-1-5-18-22(17)11-10-20-6-8-21(9-7-20)13-15-12-16(24-19-15)14-3-4-14/h1-2,5,12,14H,3-4,6-11,13H2. The smallest absolute Gasteiger partial charge is 0.266 e. The third-order valence-electron chi connectivity index (χ3n) is 4.82. The first-order chi connectivity index (χ1) is 11.8. The van der Waals surface area contributed by atoms with Gasteiger partial charge in [0, 0.05) is 63.5 Å². The summed E-state index contributed by atoms with van der Waals surface area (Å²) in [5.41, 5.74) is 1.01. The lowest BCUT2D eigenvalue weighted by molar-refractivity contribution is 0.120. The van der Waals surface area contributed by atoms with Crippen LogP contribution in [0.2, 0.25) is 0 Å². The zero-order valence-corrected chi connectivity index (χ0v) is 13.8. The Kier molecular flexibility index (Phi) is 4.44. The van der Waals surface area contributed by atoms with Crippen molar-refractivity contribution in [2.24, 2.45) is 0 Å². The molecule has 0 atom stereocenters.